The summed E-state index contributed by atoms with van der Waals surface area (Å²) in [5, 5.41) is 12.7. The largest absolute Gasteiger partial charge is 0.420 e. The van der Waals surface area contributed by atoms with Crippen molar-refractivity contribution in [1.29, 1.82) is 0 Å². The lowest BCUT2D eigenvalue weighted by Crippen LogP contribution is -2.60. The van der Waals surface area contributed by atoms with E-state index in [2.05, 4.69) is 40.6 Å². The van der Waals surface area contributed by atoms with Crippen molar-refractivity contribution >= 4 is 17.3 Å². The number of carbonyl (C=O) groups excluding carboxylic acids is 1. The number of rotatable bonds is 5. The maximum absolute atomic E-state index is 14.3. The normalized spacial score (nSPS) is 15.5. The Hall–Kier alpha value is -4.08. The highest BCUT2D eigenvalue weighted by molar-refractivity contribution is 5.93. The second kappa shape index (κ2) is 9.34. The van der Waals surface area contributed by atoms with Crippen LogP contribution in [0.1, 0.15) is 67.0 Å². The van der Waals surface area contributed by atoms with Crippen molar-refractivity contribution in [2.24, 2.45) is 0 Å². The van der Waals surface area contributed by atoms with Crippen LogP contribution in [-0.2, 0) is 0 Å². The molecule has 1 aliphatic heterocycles. The van der Waals surface area contributed by atoms with Gasteiger partial charge in [0, 0.05) is 37.7 Å². The molecule has 0 unspecified atom stereocenters. The third-order valence-electron chi connectivity index (χ3n) is 7.06. The second-order valence-electron chi connectivity index (χ2n) is 10.8. The highest BCUT2D eigenvalue weighted by Crippen LogP contribution is 2.30. The lowest BCUT2D eigenvalue weighted by Gasteiger charge is -2.47. The average molecular weight is 518 g/mol. The minimum Gasteiger partial charge on any atom is -0.420 e. The van der Waals surface area contributed by atoms with E-state index >= 15 is 0 Å². The molecule has 4 aromatic rings. The number of fused-ring (bicyclic) bond motifs is 1. The summed E-state index contributed by atoms with van der Waals surface area (Å²) in [4.78, 5) is 22.4. The van der Waals surface area contributed by atoms with Crippen LogP contribution in [0.5, 0.6) is 0 Å². The Morgan fingerprint density at radius 1 is 1.16 bits per heavy atom. The maximum Gasteiger partial charge on any atom is 0.274 e. The van der Waals surface area contributed by atoms with Crippen molar-refractivity contribution in [2.75, 3.05) is 19.6 Å². The van der Waals surface area contributed by atoms with Crippen LogP contribution in [0.4, 0.5) is 4.39 Å². The van der Waals surface area contributed by atoms with E-state index in [1.165, 1.54) is 6.07 Å². The molecule has 4 heterocycles. The number of imidazole rings is 1. The zero-order valence-electron chi connectivity index (χ0n) is 22.6. The van der Waals surface area contributed by atoms with Gasteiger partial charge in [-0.3, -0.25) is 4.79 Å². The zero-order chi connectivity index (χ0) is 27.4. The quantitative estimate of drug-likeness (QED) is 0.373. The zero-order valence-corrected chi connectivity index (χ0v) is 22.6. The maximum atomic E-state index is 14.3. The summed E-state index contributed by atoms with van der Waals surface area (Å²) in [5.74, 6) is 0.535. The number of aryl methyl sites for hydroxylation is 2. The lowest BCUT2D eigenvalue weighted by molar-refractivity contribution is 0.0306. The molecule has 0 saturated carbocycles. The number of nitrogens with zero attached hydrogens (tertiary/aromatic N) is 7. The summed E-state index contributed by atoms with van der Waals surface area (Å²) in [5.41, 5.74) is 3.88. The first-order valence-electron chi connectivity index (χ1n) is 12.7. The van der Waals surface area contributed by atoms with E-state index in [9.17, 15) is 9.18 Å². The Morgan fingerprint density at radius 3 is 2.55 bits per heavy atom. The molecular weight excluding hydrogens is 485 g/mol. The minimum atomic E-state index is -0.512. The van der Waals surface area contributed by atoms with E-state index in [0.29, 0.717) is 65.3 Å². The van der Waals surface area contributed by atoms with Crippen LogP contribution in [0.25, 0.3) is 22.6 Å². The standard InChI is InChI=1S/C28H32FN7O2/c1-16(2)21-13-23(20-9-8-17(3)22(29)12-20)33-36-14-24(30-25(21)36)27(37)35-11-10-34(15-28(35,6)7)18(4)26-32-31-19(5)38-26/h8-9,12-14,16H,4,10-11,15H2,1-3,5-7H3. The van der Waals surface area contributed by atoms with Crippen molar-refractivity contribution in [2.45, 2.75) is 53.0 Å². The Bertz CT molecular complexity index is 1550. The molecule has 9 nitrogen and oxygen atoms in total. The number of amides is 1. The summed E-state index contributed by atoms with van der Waals surface area (Å²) < 4.78 is 21.5. The van der Waals surface area contributed by atoms with Crippen molar-refractivity contribution < 1.29 is 13.6 Å². The van der Waals surface area contributed by atoms with Gasteiger partial charge in [-0.25, -0.2) is 13.9 Å². The van der Waals surface area contributed by atoms with Crippen LogP contribution >= 0.6 is 0 Å². The second-order valence-corrected chi connectivity index (χ2v) is 10.8. The first kappa shape index (κ1) is 25.6. The monoisotopic (exact) mass is 517 g/mol. The van der Waals surface area contributed by atoms with Gasteiger partial charge in [0.25, 0.3) is 11.8 Å². The van der Waals surface area contributed by atoms with Gasteiger partial charge in [-0.15, -0.1) is 10.2 Å². The number of piperazine rings is 1. The van der Waals surface area contributed by atoms with Crippen LogP contribution in [0.2, 0.25) is 0 Å². The van der Waals surface area contributed by atoms with Gasteiger partial charge in [-0.2, -0.15) is 5.10 Å². The van der Waals surface area contributed by atoms with Gasteiger partial charge in [-0.1, -0.05) is 32.6 Å². The summed E-state index contributed by atoms with van der Waals surface area (Å²) in [6, 6.07) is 7.01. The Morgan fingerprint density at radius 2 is 1.92 bits per heavy atom. The summed E-state index contributed by atoms with van der Waals surface area (Å²) >= 11 is 0. The molecular formula is C28H32FN7O2. The molecule has 0 spiro atoms. The number of aromatic nitrogens is 5. The van der Waals surface area contributed by atoms with E-state index in [1.807, 2.05) is 30.9 Å². The molecule has 0 bridgehead atoms. The molecule has 1 aromatic carbocycles. The molecule has 3 aromatic heterocycles. The third kappa shape index (κ3) is 4.55. The molecule has 1 saturated heterocycles. The first-order chi connectivity index (χ1) is 17.9. The Kier molecular flexibility index (Phi) is 6.28. The smallest absolute Gasteiger partial charge is 0.274 e. The summed E-state index contributed by atoms with van der Waals surface area (Å²) in [6.07, 6.45) is 1.67. The minimum absolute atomic E-state index is 0.124. The van der Waals surface area contributed by atoms with Gasteiger partial charge in [0.15, 0.2) is 5.65 Å². The van der Waals surface area contributed by atoms with Crippen LogP contribution < -0.4 is 0 Å². The highest BCUT2D eigenvalue weighted by atomic mass is 19.1. The lowest BCUT2D eigenvalue weighted by atomic mass is 9.97. The fraction of sp³-hybridized carbons (Fsp3) is 0.393. The number of hydrogen-bond donors (Lipinski definition) is 0. The molecule has 0 aliphatic carbocycles. The molecule has 0 atom stereocenters. The molecule has 10 heteroatoms. The fourth-order valence-corrected chi connectivity index (χ4v) is 4.87. The Balaban J connectivity index is 1.44. The number of benzene rings is 1. The summed E-state index contributed by atoms with van der Waals surface area (Å²) in [6.45, 7) is 17.3. The summed E-state index contributed by atoms with van der Waals surface area (Å²) in [7, 11) is 0. The van der Waals surface area contributed by atoms with Gasteiger partial charge in [0.1, 0.15) is 11.5 Å². The van der Waals surface area contributed by atoms with E-state index in [1.54, 1.807) is 30.6 Å². The molecule has 38 heavy (non-hydrogen) atoms. The van der Waals surface area contributed by atoms with Gasteiger partial charge in [0.05, 0.1) is 23.1 Å². The van der Waals surface area contributed by atoms with Crippen LogP contribution in [-0.4, -0.2) is 65.7 Å². The molecule has 1 fully saturated rings. The molecule has 5 rings (SSSR count). The van der Waals surface area contributed by atoms with Gasteiger partial charge >= 0.3 is 0 Å². The number of carbonyl (C=O) groups is 1. The van der Waals surface area contributed by atoms with E-state index < -0.39 is 5.54 Å². The topological polar surface area (TPSA) is 92.7 Å². The van der Waals surface area contributed by atoms with Crippen molar-refractivity contribution in [3.8, 4) is 11.3 Å². The van der Waals surface area contributed by atoms with Crippen LogP contribution in [0.3, 0.4) is 0 Å². The van der Waals surface area contributed by atoms with E-state index in [-0.39, 0.29) is 17.6 Å². The number of hydrogen-bond acceptors (Lipinski definition) is 7. The molecule has 0 radical (unpaired) electrons. The van der Waals surface area contributed by atoms with Crippen LogP contribution in [0, 0.1) is 19.7 Å². The first-order valence-corrected chi connectivity index (χ1v) is 12.7. The van der Waals surface area contributed by atoms with Gasteiger partial charge in [0.2, 0.25) is 5.89 Å². The predicted molar refractivity (Wildman–Crippen MR) is 142 cm³/mol. The molecule has 198 valence electrons. The molecule has 1 amide bonds. The molecule has 0 N–H and O–H groups in total. The van der Waals surface area contributed by atoms with Crippen LogP contribution in [0.15, 0.2) is 41.5 Å². The van der Waals surface area contributed by atoms with Crippen molar-refractivity contribution in [3.63, 3.8) is 0 Å². The van der Waals surface area contributed by atoms with Gasteiger partial charge in [-0.05, 0) is 44.4 Å². The molecule has 1 aliphatic rings. The Labute approximate surface area is 221 Å². The van der Waals surface area contributed by atoms with Crippen molar-refractivity contribution in [3.05, 3.63) is 71.5 Å². The van der Waals surface area contributed by atoms with E-state index in [0.717, 1.165) is 5.56 Å². The highest BCUT2D eigenvalue weighted by Gasteiger charge is 2.39. The van der Waals surface area contributed by atoms with E-state index in [4.69, 9.17) is 9.40 Å². The number of halogens is 1. The average Bonchev–Trinajstić information content (AvgIpc) is 3.49. The predicted octanol–water partition coefficient (Wildman–Crippen LogP) is 4.87. The van der Waals surface area contributed by atoms with Crippen molar-refractivity contribution in [1.82, 2.24) is 34.6 Å². The third-order valence-corrected chi connectivity index (χ3v) is 7.06. The fourth-order valence-electron chi connectivity index (χ4n) is 4.87. The van der Waals surface area contributed by atoms with Gasteiger partial charge < -0.3 is 14.2 Å². The SMILES string of the molecule is C=C(c1nnc(C)o1)N1CCN(C(=O)c2cn3nc(-c4ccc(C)c(F)c4)cc(C(C)C)c3n2)C(C)(C)C1.